The fourth-order valence-electron chi connectivity index (χ4n) is 14.5. The second-order valence-corrected chi connectivity index (χ2v) is 29.1. The van der Waals surface area contributed by atoms with Crippen LogP contribution in [0.2, 0.25) is 5.02 Å². The summed E-state index contributed by atoms with van der Waals surface area (Å²) < 4.78 is 41.4. The van der Waals surface area contributed by atoms with Crippen LogP contribution in [0.5, 0.6) is 0 Å². The molecule has 0 spiro atoms. The molecule has 0 bridgehead atoms. The van der Waals surface area contributed by atoms with Gasteiger partial charge in [0.05, 0.1) is 36.6 Å². The Balaban J connectivity index is 1.40. The van der Waals surface area contributed by atoms with Gasteiger partial charge in [-0.15, -0.1) is 0 Å². The smallest absolute Gasteiger partial charge is 0.343 e. The molecule has 3 saturated heterocycles. The SMILES string of the molecule is CC[C@H](C)[C@@H]1NC(=O)[C@H](CC(C)C)N(C)C(=O)C[C@@H](C(=O)N2CCCCC2)N(C)C(=O)[C@H](C2CCCCC2)N(C)C(=O)[C@@H](C)NC(=O)[C@@H]2CCCN2C(=O)[C@H](CCc2ccc(C(F)(F)F)c(Cl)c2)NC(=O)CN(C)C(=O)[C@H](CC2CCCCC2)N(C)C(=O)CN(C)C(=O)CN(C)C1=O. The Bertz CT molecular complexity index is 3010. The number of aryl methyl sites for hydroxylation is 1. The van der Waals surface area contributed by atoms with Crippen LogP contribution >= 0.6 is 11.6 Å². The van der Waals surface area contributed by atoms with Crippen LogP contribution in [0.1, 0.15) is 174 Å². The molecular formula is C70H108ClF3N12O12. The molecule has 24 nitrogen and oxygen atoms in total. The van der Waals surface area contributed by atoms with Crippen molar-refractivity contribution in [2.45, 2.75) is 224 Å². The van der Waals surface area contributed by atoms with Gasteiger partial charge in [0.25, 0.3) is 0 Å². The van der Waals surface area contributed by atoms with Crippen molar-refractivity contribution in [1.29, 1.82) is 0 Å². The van der Waals surface area contributed by atoms with Gasteiger partial charge in [-0.1, -0.05) is 103 Å². The quantitative estimate of drug-likeness (QED) is 0.248. The third-order valence-electron chi connectivity index (χ3n) is 20.9. The molecule has 1 aromatic rings. The maximum absolute atomic E-state index is 15.5. The van der Waals surface area contributed by atoms with Crippen molar-refractivity contribution in [2.24, 2.45) is 23.7 Å². The van der Waals surface area contributed by atoms with Crippen molar-refractivity contribution in [3.8, 4) is 0 Å². The summed E-state index contributed by atoms with van der Waals surface area (Å²) in [6, 6.07) is -6.88. The van der Waals surface area contributed by atoms with Gasteiger partial charge in [0.1, 0.15) is 48.3 Å². The first-order valence-corrected chi connectivity index (χ1v) is 35.7. The minimum Gasteiger partial charge on any atom is -0.343 e. The van der Waals surface area contributed by atoms with Crippen molar-refractivity contribution in [3.63, 3.8) is 0 Å². The molecule has 1 aromatic carbocycles. The van der Waals surface area contributed by atoms with E-state index in [0.29, 0.717) is 57.2 Å². The Kier molecular flexibility index (Phi) is 29.6. The van der Waals surface area contributed by atoms with E-state index in [1.165, 1.54) is 86.8 Å². The summed E-state index contributed by atoms with van der Waals surface area (Å²) in [7, 11) is 9.89. The zero-order chi connectivity index (χ0) is 72.6. The van der Waals surface area contributed by atoms with Gasteiger partial charge in [0.15, 0.2) is 0 Å². The van der Waals surface area contributed by atoms with Gasteiger partial charge in [0, 0.05) is 69.0 Å². The number of hydrogen-bond acceptors (Lipinski definition) is 12. The molecule has 3 aliphatic heterocycles. The monoisotopic (exact) mass is 1400 g/mol. The molecule has 3 heterocycles. The maximum Gasteiger partial charge on any atom is 0.417 e. The van der Waals surface area contributed by atoms with E-state index in [9.17, 15) is 61.1 Å². The van der Waals surface area contributed by atoms with Gasteiger partial charge in [0.2, 0.25) is 70.9 Å². The number of fused-ring (bicyclic) bond motifs is 1. The van der Waals surface area contributed by atoms with E-state index in [4.69, 9.17) is 11.6 Å². The number of likely N-dealkylation sites (tertiary alicyclic amines) is 1. The summed E-state index contributed by atoms with van der Waals surface area (Å²) in [4.78, 5) is 188. The maximum atomic E-state index is 15.5. The number of alkyl halides is 3. The Labute approximate surface area is 581 Å². The lowest BCUT2D eigenvalue weighted by Crippen LogP contribution is -2.61. The molecule has 9 atom stereocenters. The molecule has 2 aliphatic carbocycles. The number of nitrogens with one attached hydrogen (secondary N) is 3. The van der Waals surface area contributed by atoms with Crippen molar-refractivity contribution in [3.05, 3.63) is 34.3 Å². The molecule has 28 heteroatoms. The summed E-state index contributed by atoms with van der Waals surface area (Å²) in [6.45, 7) is 7.86. The summed E-state index contributed by atoms with van der Waals surface area (Å²) in [5.41, 5.74) is -0.780. The third-order valence-corrected chi connectivity index (χ3v) is 21.2. The number of halogens is 4. The largest absolute Gasteiger partial charge is 0.417 e. The van der Waals surface area contributed by atoms with Gasteiger partial charge in [-0.2, -0.15) is 13.2 Å². The number of carbonyl (C=O) groups excluding carboxylic acids is 12. The first-order chi connectivity index (χ1) is 46.2. The molecule has 6 rings (SSSR count). The first-order valence-electron chi connectivity index (χ1n) is 35.3. The summed E-state index contributed by atoms with van der Waals surface area (Å²) in [5, 5.41) is 7.82. The van der Waals surface area contributed by atoms with Crippen LogP contribution < -0.4 is 16.0 Å². The predicted octanol–water partition coefficient (Wildman–Crippen LogP) is 5.50. The Morgan fingerprint density at radius 1 is 0.602 bits per heavy atom. The Morgan fingerprint density at radius 2 is 1.19 bits per heavy atom. The molecule has 0 aromatic heterocycles. The van der Waals surface area contributed by atoms with Gasteiger partial charge in [-0.05, 0) is 119 Å². The van der Waals surface area contributed by atoms with Crippen molar-refractivity contribution >= 4 is 82.5 Å². The van der Waals surface area contributed by atoms with Gasteiger partial charge < -0.3 is 60.0 Å². The van der Waals surface area contributed by atoms with Crippen LogP contribution in [0.15, 0.2) is 18.2 Å². The fraction of sp³-hybridized carbons (Fsp3) is 0.743. The lowest BCUT2D eigenvalue weighted by atomic mass is 9.82. The highest BCUT2D eigenvalue weighted by Crippen LogP contribution is 2.36. The lowest BCUT2D eigenvalue weighted by Gasteiger charge is -2.41. The minimum atomic E-state index is -4.76. The number of carbonyl (C=O) groups is 12. The summed E-state index contributed by atoms with van der Waals surface area (Å²) in [6.07, 6.45) is 5.60. The number of rotatable bonds is 11. The predicted molar refractivity (Wildman–Crippen MR) is 362 cm³/mol. The average Bonchev–Trinajstić information content (AvgIpc) is 0.972. The third kappa shape index (κ3) is 21.0. The Hall–Kier alpha value is -7.06. The second-order valence-electron chi connectivity index (χ2n) is 28.7. The van der Waals surface area contributed by atoms with Crippen LogP contribution in [0.25, 0.3) is 0 Å². The fourth-order valence-corrected chi connectivity index (χ4v) is 14.8. The first kappa shape index (κ1) is 79.9. The van der Waals surface area contributed by atoms with Crippen LogP contribution in [-0.2, 0) is 70.1 Å². The minimum absolute atomic E-state index is 0.0193. The zero-order valence-electron chi connectivity index (χ0n) is 59.7. The number of benzene rings is 1. The Morgan fingerprint density at radius 3 is 1.80 bits per heavy atom. The van der Waals surface area contributed by atoms with E-state index < -0.39 is 174 Å². The van der Waals surface area contributed by atoms with E-state index in [-0.39, 0.29) is 50.5 Å². The summed E-state index contributed by atoms with van der Waals surface area (Å²) in [5.74, 6) is -8.97. The van der Waals surface area contributed by atoms with Crippen molar-refractivity contribution in [1.82, 2.24) is 60.0 Å². The van der Waals surface area contributed by atoms with Gasteiger partial charge in [-0.3, -0.25) is 57.5 Å². The number of piperidine rings is 1. The van der Waals surface area contributed by atoms with Crippen LogP contribution in [0, 0.1) is 23.7 Å². The van der Waals surface area contributed by atoms with Crippen molar-refractivity contribution < 1.29 is 70.7 Å². The highest BCUT2D eigenvalue weighted by atomic mass is 35.5. The van der Waals surface area contributed by atoms with Crippen LogP contribution in [0.3, 0.4) is 0 Å². The molecule has 3 N–H and O–H groups in total. The molecule has 0 unspecified atom stereocenters. The highest BCUT2D eigenvalue weighted by molar-refractivity contribution is 6.31. The average molecular weight is 1400 g/mol. The number of nitrogens with zero attached hydrogens (tertiary/aromatic N) is 9. The lowest BCUT2D eigenvalue weighted by molar-refractivity contribution is -0.155. The molecule has 548 valence electrons. The molecule has 0 radical (unpaired) electrons. The van der Waals surface area contributed by atoms with Crippen LogP contribution in [0.4, 0.5) is 13.2 Å². The molecule has 5 aliphatic rings. The molecule has 2 saturated carbocycles. The standard InChI is InChI=1S/C70H108ClF3N12O12/c1-13-44(4)60-68(97)80(8)41-58(89)78(6)42-59(90)82(10)54(38-46-24-17-14-18-25-46)66(95)79(7)40-56(87)76-51(32-30-47-29-31-49(50(71)37-47)70(72,73)74)65(94)86-35-23-28-52(86)62(91)75-45(5)64(93)84(12)61(48-26-19-15-20-27-48)69(98)83(11)55(67(96)85-33-21-16-22-34-85)39-57(88)81(9)53(36-43(2)3)63(92)77-60/h29,31,37,43-46,48,51-55,60-61H,13-28,30,32-36,38-42H2,1-12H3,(H,75,91)(H,76,87)(H,77,92)/t44-,45+,51-,52-,53-,54-,55-,60-,61-/m0/s1. The van der Waals surface area contributed by atoms with E-state index >= 15 is 9.59 Å². The van der Waals surface area contributed by atoms with Gasteiger partial charge >= 0.3 is 6.18 Å². The number of amides is 12. The normalized spacial score (nSPS) is 26.8. The molecular weight excluding hydrogens is 1290 g/mol. The number of likely N-dealkylation sites (N-methyl/N-ethyl adjacent to an activating group) is 7. The van der Waals surface area contributed by atoms with E-state index in [1.54, 1.807) is 11.8 Å². The van der Waals surface area contributed by atoms with Gasteiger partial charge in [-0.25, -0.2) is 0 Å². The highest BCUT2D eigenvalue weighted by Gasteiger charge is 2.46. The topological polar surface area (TPSA) is 270 Å². The van der Waals surface area contributed by atoms with E-state index in [0.717, 1.165) is 84.6 Å². The zero-order valence-corrected chi connectivity index (χ0v) is 60.4. The van der Waals surface area contributed by atoms with E-state index in [1.807, 2.05) is 20.8 Å². The second kappa shape index (κ2) is 36.3. The molecule has 5 fully saturated rings. The van der Waals surface area contributed by atoms with E-state index in [2.05, 4.69) is 16.0 Å². The number of hydrogen-bond donors (Lipinski definition) is 3. The van der Waals surface area contributed by atoms with Crippen LogP contribution in [-0.4, -0.2) is 252 Å². The molecule has 12 amide bonds. The summed E-state index contributed by atoms with van der Waals surface area (Å²) >= 11 is 6.13. The molecule has 98 heavy (non-hydrogen) atoms. The van der Waals surface area contributed by atoms with Crippen molar-refractivity contribution in [2.75, 3.05) is 88.6 Å².